The van der Waals surface area contributed by atoms with Crippen LogP contribution >= 0.6 is 7.82 Å². The monoisotopic (exact) mass is 903 g/mol. The molecule has 0 fully saturated rings. The molecular weight excluding hydrogens is 808 g/mol. The first-order chi connectivity index (χ1) is 30.8. The molecule has 0 aromatic carbocycles. The van der Waals surface area contributed by atoms with Crippen LogP contribution in [-0.4, -0.2) is 43.3 Å². The summed E-state index contributed by atoms with van der Waals surface area (Å²) in [6, 6.07) is 0. The van der Waals surface area contributed by atoms with Crippen molar-refractivity contribution in [3.8, 4) is 0 Å². The molecule has 0 aromatic heterocycles. The summed E-state index contributed by atoms with van der Waals surface area (Å²) in [7, 11) is -3.21. The van der Waals surface area contributed by atoms with E-state index in [0.29, 0.717) is 6.42 Å². The average molecular weight is 903 g/mol. The number of allylic oxidation sites excluding steroid dienone is 12. The second-order valence-corrected chi connectivity index (χ2v) is 18.5. The average Bonchev–Trinajstić information content (AvgIpc) is 3.28. The van der Waals surface area contributed by atoms with E-state index in [2.05, 4.69) is 91.3 Å². The Morgan fingerprint density at radius 1 is 0.460 bits per heavy atom. The van der Waals surface area contributed by atoms with Gasteiger partial charge >= 0.3 is 19.8 Å². The van der Waals surface area contributed by atoms with Gasteiger partial charge in [-0.05, 0) is 83.5 Å². The maximum atomic E-state index is 12.6. The van der Waals surface area contributed by atoms with E-state index in [4.69, 9.17) is 14.0 Å². The SMILES string of the molecule is CC/C=C\C/C=C\C/C=C\C/C=C\CCCCCCCCCCC(=O)OC(COC(=O)CCCCCCCCCCCCC/C=C\C/C=C\CCCCCCC)COP(=O)(O)OC. The number of carbonyl (C=O) groups is 2. The second kappa shape index (κ2) is 48.9. The zero-order valence-electron chi connectivity index (χ0n) is 40.7. The number of esters is 2. The number of rotatable bonds is 47. The molecule has 2 atom stereocenters. The van der Waals surface area contributed by atoms with E-state index in [9.17, 15) is 19.0 Å². The summed E-state index contributed by atoms with van der Waals surface area (Å²) in [4.78, 5) is 34.7. The van der Waals surface area contributed by atoms with Gasteiger partial charge in [-0.2, -0.15) is 0 Å². The number of phosphoric acid groups is 1. The van der Waals surface area contributed by atoms with Crippen molar-refractivity contribution in [3.63, 3.8) is 0 Å². The van der Waals surface area contributed by atoms with E-state index in [0.717, 1.165) is 84.2 Å². The third-order valence-electron chi connectivity index (χ3n) is 10.9. The summed E-state index contributed by atoms with van der Waals surface area (Å²) in [6.45, 7) is 3.78. The molecule has 0 rings (SSSR count). The van der Waals surface area contributed by atoms with Crippen LogP contribution in [0.2, 0.25) is 0 Å². The number of hydrogen-bond acceptors (Lipinski definition) is 7. The lowest BCUT2D eigenvalue weighted by atomic mass is 10.0. The number of ether oxygens (including phenoxy) is 2. The third kappa shape index (κ3) is 48.8. The molecular formula is C54H95O8P. The molecule has 0 radical (unpaired) electrons. The van der Waals surface area contributed by atoms with Gasteiger partial charge in [0.05, 0.1) is 6.61 Å². The minimum Gasteiger partial charge on any atom is -0.462 e. The Bertz CT molecular complexity index is 1250. The van der Waals surface area contributed by atoms with Gasteiger partial charge in [-0.3, -0.25) is 18.6 Å². The van der Waals surface area contributed by atoms with Crippen LogP contribution in [0.1, 0.15) is 232 Å². The van der Waals surface area contributed by atoms with Crippen LogP contribution in [0, 0.1) is 0 Å². The summed E-state index contributed by atoms with van der Waals surface area (Å²) in [5, 5.41) is 0. The zero-order valence-corrected chi connectivity index (χ0v) is 41.6. The van der Waals surface area contributed by atoms with Gasteiger partial charge in [0.25, 0.3) is 0 Å². The van der Waals surface area contributed by atoms with Crippen LogP contribution in [0.15, 0.2) is 72.9 Å². The highest BCUT2D eigenvalue weighted by atomic mass is 31.2. The van der Waals surface area contributed by atoms with Crippen LogP contribution in [0.5, 0.6) is 0 Å². The highest BCUT2D eigenvalue weighted by molar-refractivity contribution is 7.47. The molecule has 0 saturated carbocycles. The lowest BCUT2D eigenvalue weighted by molar-refractivity contribution is -0.161. The Kier molecular flexibility index (Phi) is 47.0. The molecule has 0 bridgehead atoms. The van der Waals surface area contributed by atoms with Crippen molar-refractivity contribution in [1.29, 1.82) is 0 Å². The van der Waals surface area contributed by atoms with Crippen LogP contribution in [0.25, 0.3) is 0 Å². The lowest BCUT2D eigenvalue weighted by Gasteiger charge is -2.19. The Morgan fingerprint density at radius 3 is 1.21 bits per heavy atom. The molecule has 1 N–H and O–H groups in total. The quantitative estimate of drug-likeness (QED) is 0.0278. The standard InChI is InChI=1S/C54H95O8P/c1-4-6-8-10-12-14-16-18-20-22-24-26-27-29-30-32-34-36-38-40-42-44-46-48-53(55)60-50-52(51-61-63(57,58)59-3)62-54(56)49-47-45-43-41-39-37-35-33-31-28-25-23-21-19-17-15-13-11-9-7-5-2/h7,9,13,15-16,18-19,21-22,24-25,28,52H,4-6,8,10-12,14,17,20,23,26-27,29-51H2,1-3H3,(H,57,58)/b9-7-,15-13-,18-16-,21-19-,24-22-,28-25-. The molecule has 8 nitrogen and oxygen atoms in total. The Hall–Kier alpha value is -2.51. The van der Waals surface area contributed by atoms with Crippen molar-refractivity contribution < 1.29 is 37.6 Å². The number of hydrogen-bond donors (Lipinski definition) is 1. The maximum Gasteiger partial charge on any atom is 0.472 e. The van der Waals surface area contributed by atoms with Gasteiger partial charge in [0.15, 0.2) is 6.10 Å². The van der Waals surface area contributed by atoms with E-state index in [-0.39, 0.29) is 25.4 Å². The predicted octanol–water partition coefficient (Wildman–Crippen LogP) is 16.8. The fraction of sp³-hybridized carbons (Fsp3) is 0.741. The molecule has 364 valence electrons. The number of phosphoric ester groups is 1. The van der Waals surface area contributed by atoms with E-state index in [1.165, 1.54) is 122 Å². The molecule has 0 saturated heterocycles. The third-order valence-corrected chi connectivity index (χ3v) is 11.9. The molecule has 0 aromatic rings. The van der Waals surface area contributed by atoms with E-state index in [1.807, 2.05) is 0 Å². The highest BCUT2D eigenvalue weighted by Gasteiger charge is 2.24. The largest absolute Gasteiger partial charge is 0.472 e. The zero-order chi connectivity index (χ0) is 46.0. The predicted molar refractivity (Wildman–Crippen MR) is 267 cm³/mol. The first kappa shape index (κ1) is 60.5. The maximum absolute atomic E-state index is 12.6. The molecule has 0 aliphatic heterocycles. The molecule has 2 unspecified atom stereocenters. The van der Waals surface area contributed by atoms with E-state index in [1.54, 1.807) is 0 Å². The van der Waals surface area contributed by atoms with Crippen molar-refractivity contribution >= 4 is 19.8 Å². The minimum atomic E-state index is -4.27. The Balaban J connectivity index is 3.92. The minimum absolute atomic E-state index is 0.232. The van der Waals surface area contributed by atoms with Crippen molar-refractivity contribution in [2.45, 2.75) is 238 Å². The smallest absolute Gasteiger partial charge is 0.462 e. The Labute approximate surface area is 387 Å². The van der Waals surface area contributed by atoms with Crippen LogP contribution < -0.4 is 0 Å². The molecule has 0 spiro atoms. The van der Waals surface area contributed by atoms with Gasteiger partial charge in [0.2, 0.25) is 0 Å². The van der Waals surface area contributed by atoms with Crippen LogP contribution in [0.3, 0.4) is 0 Å². The van der Waals surface area contributed by atoms with E-state index < -0.39 is 26.5 Å². The topological polar surface area (TPSA) is 108 Å². The summed E-state index contributed by atoms with van der Waals surface area (Å²) >= 11 is 0. The van der Waals surface area contributed by atoms with Crippen LogP contribution in [0.4, 0.5) is 0 Å². The lowest BCUT2D eigenvalue weighted by Crippen LogP contribution is -2.29. The number of unbranched alkanes of at least 4 members (excludes halogenated alkanes) is 24. The van der Waals surface area contributed by atoms with Crippen molar-refractivity contribution in [2.24, 2.45) is 0 Å². The van der Waals surface area contributed by atoms with Gasteiger partial charge in [-0.25, -0.2) is 4.57 Å². The highest BCUT2D eigenvalue weighted by Crippen LogP contribution is 2.42. The van der Waals surface area contributed by atoms with Gasteiger partial charge in [0.1, 0.15) is 6.61 Å². The van der Waals surface area contributed by atoms with Crippen molar-refractivity contribution in [1.82, 2.24) is 0 Å². The number of carbonyl (C=O) groups excluding carboxylic acids is 2. The van der Waals surface area contributed by atoms with Gasteiger partial charge in [-0.15, -0.1) is 0 Å². The molecule has 0 heterocycles. The first-order valence-electron chi connectivity index (χ1n) is 25.6. The fourth-order valence-corrected chi connectivity index (χ4v) is 7.49. The fourth-order valence-electron chi connectivity index (χ4n) is 7.03. The summed E-state index contributed by atoms with van der Waals surface area (Å²) in [5.41, 5.74) is 0. The van der Waals surface area contributed by atoms with Gasteiger partial charge < -0.3 is 14.4 Å². The molecule has 0 aliphatic rings. The van der Waals surface area contributed by atoms with Gasteiger partial charge in [-0.1, -0.05) is 209 Å². The normalized spacial score (nSPS) is 13.8. The summed E-state index contributed by atoms with van der Waals surface area (Å²) < 4.78 is 32.2. The molecule has 9 heteroatoms. The van der Waals surface area contributed by atoms with Crippen molar-refractivity contribution in [3.05, 3.63) is 72.9 Å². The van der Waals surface area contributed by atoms with E-state index >= 15 is 0 Å². The summed E-state index contributed by atoms with van der Waals surface area (Å²) in [5.74, 6) is -0.813. The van der Waals surface area contributed by atoms with Crippen LogP contribution in [-0.2, 0) is 32.7 Å². The van der Waals surface area contributed by atoms with Gasteiger partial charge in [0, 0.05) is 20.0 Å². The molecule has 0 amide bonds. The first-order valence-corrected chi connectivity index (χ1v) is 27.1. The second-order valence-electron chi connectivity index (χ2n) is 16.9. The van der Waals surface area contributed by atoms with Crippen molar-refractivity contribution in [2.75, 3.05) is 20.3 Å². The Morgan fingerprint density at radius 2 is 0.810 bits per heavy atom. The molecule has 63 heavy (non-hydrogen) atoms. The molecule has 0 aliphatic carbocycles. The summed E-state index contributed by atoms with van der Waals surface area (Å²) in [6.07, 6.45) is 63.9.